The molecule has 24 heavy (non-hydrogen) atoms. The molecular formula is C19H29IN2O2. The number of carbonyl (C=O) groups is 1. The number of benzene rings is 1. The number of nitrogens with zero attached hydrogens (tertiary/aromatic N) is 1. The number of amides is 1. The molecule has 2 unspecified atom stereocenters. The summed E-state index contributed by atoms with van der Waals surface area (Å²) >= 11 is 2.33. The highest BCUT2D eigenvalue weighted by Gasteiger charge is 2.29. The van der Waals surface area contributed by atoms with E-state index in [9.17, 15) is 4.79 Å². The largest absolute Gasteiger partial charge is 0.444 e. The molecule has 0 spiro atoms. The SMILES string of the molecule is CC(NCCC1CCN(C(=O)OC(C)(C)C)C1)c1ccc(I)cc1. The predicted molar refractivity (Wildman–Crippen MR) is 106 cm³/mol. The monoisotopic (exact) mass is 444 g/mol. The Balaban J connectivity index is 1.70. The van der Waals surface area contributed by atoms with Gasteiger partial charge in [-0.25, -0.2) is 4.79 Å². The van der Waals surface area contributed by atoms with E-state index >= 15 is 0 Å². The van der Waals surface area contributed by atoms with Crippen molar-refractivity contribution in [2.75, 3.05) is 19.6 Å². The van der Waals surface area contributed by atoms with Crippen LogP contribution in [-0.2, 0) is 4.74 Å². The second-order valence-electron chi connectivity index (χ2n) is 7.60. The van der Waals surface area contributed by atoms with E-state index in [1.807, 2.05) is 25.7 Å². The summed E-state index contributed by atoms with van der Waals surface area (Å²) in [7, 11) is 0. The minimum absolute atomic E-state index is 0.176. The van der Waals surface area contributed by atoms with Gasteiger partial charge < -0.3 is 15.0 Å². The van der Waals surface area contributed by atoms with Gasteiger partial charge in [-0.15, -0.1) is 0 Å². The second-order valence-corrected chi connectivity index (χ2v) is 8.84. The second kappa shape index (κ2) is 8.52. The molecule has 134 valence electrons. The molecule has 2 atom stereocenters. The molecule has 1 saturated heterocycles. The van der Waals surface area contributed by atoms with Crippen LogP contribution in [0.4, 0.5) is 4.79 Å². The van der Waals surface area contributed by atoms with Crippen LogP contribution in [0.2, 0.25) is 0 Å². The zero-order valence-corrected chi connectivity index (χ0v) is 17.3. The van der Waals surface area contributed by atoms with E-state index in [4.69, 9.17) is 4.74 Å². The number of rotatable bonds is 5. The molecule has 0 bridgehead atoms. The van der Waals surface area contributed by atoms with Crippen molar-refractivity contribution in [1.82, 2.24) is 10.2 Å². The van der Waals surface area contributed by atoms with E-state index in [2.05, 4.69) is 59.1 Å². The Morgan fingerprint density at radius 1 is 1.38 bits per heavy atom. The Kier molecular flexibility index (Phi) is 6.92. The molecule has 1 N–H and O–H groups in total. The van der Waals surface area contributed by atoms with Crippen LogP contribution >= 0.6 is 22.6 Å². The molecular weight excluding hydrogens is 415 g/mol. The number of hydrogen-bond donors (Lipinski definition) is 1. The number of halogens is 1. The average molecular weight is 444 g/mol. The number of hydrogen-bond acceptors (Lipinski definition) is 3. The first-order chi connectivity index (χ1) is 11.2. The highest BCUT2D eigenvalue weighted by molar-refractivity contribution is 14.1. The Bertz CT molecular complexity index is 539. The fraction of sp³-hybridized carbons (Fsp3) is 0.632. The summed E-state index contributed by atoms with van der Waals surface area (Å²) in [5, 5.41) is 3.59. The minimum atomic E-state index is -0.417. The van der Waals surface area contributed by atoms with Crippen molar-refractivity contribution in [3.05, 3.63) is 33.4 Å². The van der Waals surface area contributed by atoms with Gasteiger partial charge in [-0.2, -0.15) is 0 Å². The van der Waals surface area contributed by atoms with Gasteiger partial charge in [0.15, 0.2) is 0 Å². The lowest BCUT2D eigenvalue weighted by Gasteiger charge is -2.24. The minimum Gasteiger partial charge on any atom is -0.444 e. The molecule has 1 heterocycles. The van der Waals surface area contributed by atoms with Crippen molar-refractivity contribution in [2.24, 2.45) is 5.92 Å². The van der Waals surface area contributed by atoms with Gasteiger partial charge in [0.2, 0.25) is 0 Å². The Hall–Kier alpha value is -0.820. The molecule has 1 aromatic rings. The van der Waals surface area contributed by atoms with E-state index in [1.54, 1.807) is 0 Å². The molecule has 4 nitrogen and oxygen atoms in total. The third-order valence-corrected chi connectivity index (χ3v) is 5.03. The maximum atomic E-state index is 12.1. The van der Waals surface area contributed by atoms with E-state index in [0.717, 1.165) is 32.5 Å². The molecule has 1 aromatic carbocycles. The lowest BCUT2D eigenvalue weighted by molar-refractivity contribution is 0.0287. The lowest BCUT2D eigenvalue weighted by Crippen LogP contribution is -2.35. The van der Waals surface area contributed by atoms with Gasteiger partial charge in [-0.05, 0) is 93.3 Å². The van der Waals surface area contributed by atoms with E-state index in [0.29, 0.717) is 12.0 Å². The highest BCUT2D eigenvalue weighted by Crippen LogP contribution is 2.22. The summed E-state index contributed by atoms with van der Waals surface area (Å²) in [6.07, 6.45) is 1.98. The van der Waals surface area contributed by atoms with Crippen LogP contribution in [0, 0.1) is 9.49 Å². The van der Waals surface area contributed by atoms with Gasteiger partial charge >= 0.3 is 6.09 Å². The summed E-state index contributed by atoms with van der Waals surface area (Å²) < 4.78 is 6.71. The zero-order valence-electron chi connectivity index (χ0n) is 15.1. The fourth-order valence-corrected chi connectivity index (χ4v) is 3.29. The van der Waals surface area contributed by atoms with Crippen molar-refractivity contribution in [1.29, 1.82) is 0 Å². The fourth-order valence-electron chi connectivity index (χ4n) is 2.93. The number of nitrogens with one attached hydrogen (secondary N) is 1. The third kappa shape index (κ3) is 6.24. The van der Waals surface area contributed by atoms with Crippen LogP contribution in [0.25, 0.3) is 0 Å². The molecule has 0 aliphatic carbocycles. The average Bonchev–Trinajstić information content (AvgIpc) is 2.95. The van der Waals surface area contributed by atoms with Crippen molar-refractivity contribution in [3.63, 3.8) is 0 Å². The number of likely N-dealkylation sites (tertiary alicyclic amines) is 1. The molecule has 5 heteroatoms. The molecule has 0 aromatic heterocycles. The number of carbonyl (C=O) groups excluding carboxylic acids is 1. The molecule has 1 aliphatic rings. The topological polar surface area (TPSA) is 41.6 Å². The Labute approximate surface area is 159 Å². The van der Waals surface area contributed by atoms with Gasteiger partial charge in [-0.1, -0.05) is 12.1 Å². The Morgan fingerprint density at radius 2 is 2.04 bits per heavy atom. The predicted octanol–water partition coefficient (Wildman–Crippen LogP) is 4.59. The summed E-state index contributed by atoms with van der Waals surface area (Å²) in [6.45, 7) is 10.5. The first kappa shape index (κ1) is 19.5. The van der Waals surface area contributed by atoms with Crippen molar-refractivity contribution in [3.8, 4) is 0 Å². The summed E-state index contributed by atoms with van der Waals surface area (Å²) in [5.41, 5.74) is 0.900. The summed E-state index contributed by atoms with van der Waals surface area (Å²) in [4.78, 5) is 13.9. The quantitative estimate of drug-likeness (QED) is 0.676. The molecule has 0 radical (unpaired) electrons. The molecule has 1 amide bonds. The van der Waals surface area contributed by atoms with Crippen LogP contribution in [0.5, 0.6) is 0 Å². The molecule has 1 fully saturated rings. The van der Waals surface area contributed by atoms with E-state index in [-0.39, 0.29) is 6.09 Å². The van der Waals surface area contributed by atoms with Gasteiger partial charge in [0.1, 0.15) is 5.60 Å². The van der Waals surface area contributed by atoms with Gasteiger partial charge in [0.25, 0.3) is 0 Å². The van der Waals surface area contributed by atoms with Crippen molar-refractivity contribution < 1.29 is 9.53 Å². The van der Waals surface area contributed by atoms with Gasteiger partial charge in [-0.3, -0.25) is 0 Å². The lowest BCUT2D eigenvalue weighted by atomic mass is 10.0. The third-order valence-electron chi connectivity index (χ3n) is 4.31. The zero-order chi connectivity index (χ0) is 17.7. The maximum absolute atomic E-state index is 12.1. The van der Waals surface area contributed by atoms with Gasteiger partial charge in [0, 0.05) is 22.7 Å². The first-order valence-corrected chi connectivity index (χ1v) is 9.79. The maximum Gasteiger partial charge on any atom is 0.410 e. The van der Waals surface area contributed by atoms with Crippen LogP contribution in [0.15, 0.2) is 24.3 Å². The molecule has 1 aliphatic heterocycles. The first-order valence-electron chi connectivity index (χ1n) is 8.71. The normalized spacial score (nSPS) is 19.4. The van der Waals surface area contributed by atoms with Crippen LogP contribution < -0.4 is 5.32 Å². The highest BCUT2D eigenvalue weighted by atomic mass is 127. The van der Waals surface area contributed by atoms with Gasteiger partial charge in [0.05, 0.1) is 0 Å². The van der Waals surface area contributed by atoms with Crippen molar-refractivity contribution in [2.45, 2.75) is 52.2 Å². The summed E-state index contributed by atoms with van der Waals surface area (Å²) in [6, 6.07) is 9.00. The van der Waals surface area contributed by atoms with Crippen LogP contribution in [-0.4, -0.2) is 36.2 Å². The van der Waals surface area contributed by atoms with Crippen LogP contribution in [0.1, 0.15) is 52.1 Å². The Morgan fingerprint density at radius 3 is 2.67 bits per heavy atom. The van der Waals surface area contributed by atoms with E-state index < -0.39 is 5.60 Å². The number of ether oxygens (including phenoxy) is 1. The smallest absolute Gasteiger partial charge is 0.410 e. The molecule has 2 rings (SSSR count). The van der Waals surface area contributed by atoms with Crippen LogP contribution in [0.3, 0.4) is 0 Å². The van der Waals surface area contributed by atoms with Crippen molar-refractivity contribution >= 4 is 28.7 Å². The van der Waals surface area contributed by atoms with E-state index in [1.165, 1.54) is 9.13 Å². The summed E-state index contributed by atoms with van der Waals surface area (Å²) in [5.74, 6) is 0.564. The standard InChI is InChI=1S/C19H29IN2O2/c1-14(16-5-7-17(20)8-6-16)21-11-9-15-10-12-22(13-15)18(23)24-19(2,3)4/h5-8,14-15,21H,9-13H2,1-4H3. The molecule has 0 saturated carbocycles.